The van der Waals surface area contributed by atoms with Gasteiger partial charge >= 0.3 is 0 Å². The molecule has 2 saturated heterocycles. The molecule has 2 fully saturated rings. The van der Waals surface area contributed by atoms with Gasteiger partial charge in [0.2, 0.25) is 11.8 Å². The van der Waals surface area contributed by atoms with Gasteiger partial charge in [0.15, 0.2) is 0 Å². The van der Waals surface area contributed by atoms with Crippen molar-refractivity contribution in [2.75, 3.05) is 29.9 Å². The molecule has 2 aliphatic heterocycles. The van der Waals surface area contributed by atoms with Crippen LogP contribution in [0.4, 0.5) is 11.5 Å². The van der Waals surface area contributed by atoms with Crippen molar-refractivity contribution in [1.29, 1.82) is 0 Å². The lowest BCUT2D eigenvalue weighted by Gasteiger charge is -2.29. The van der Waals surface area contributed by atoms with Gasteiger partial charge in [-0.2, -0.15) is 0 Å². The summed E-state index contributed by atoms with van der Waals surface area (Å²) in [4.78, 5) is 34.4. The van der Waals surface area contributed by atoms with Crippen LogP contribution in [0.3, 0.4) is 0 Å². The molecule has 6 nitrogen and oxygen atoms in total. The number of piperidine rings is 1. The molecule has 2 aliphatic rings. The molecule has 1 N–H and O–H groups in total. The average Bonchev–Trinajstić information content (AvgIpc) is 3.26. The summed E-state index contributed by atoms with van der Waals surface area (Å²) in [5.74, 6) is 0.891. The standard InChI is InChI=1S/C24H30N4O2/c1-18-15-20(17-25-23(18)27-12-6-3-7-13-27)26-24(30)21-11-8-14-28(21)22(29)16-19-9-4-2-5-10-19/h2,4-5,9-10,15,17,21H,3,6-8,11-14,16H2,1H3,(H,26,30). The lowest BCUT2D eigenvalue weighted by atomic mass is 10.1. The van der Waals surface area contributed by atoms with Crippen molar-refractivity contribution in [3.8, 4) is 0 Å². The number of hydrogen-bond donors (Lipinski definition) is 1. The van der Waals surface area contributed by atoms with E-state index in [1.165, 1.54) is 19.3 Å². The number of nitrogens with one attached hydrogen (secondary N) is 1. The van der Waals surface area contributed by atoms with Gasteiger partial charge in [-0.15, -0.1) is 0 Å². The molecule has 0 radical (unpaired) electrons. The van der Waals surface area contributed by atoms with Crippen LogP contribution in [0.2, 0.25) is 0 Å². The second kappa shape index (κ2) is 9.28. The van der Waals surface area contributed by atoms with Gasteiger partial charge in [0.05, 0.1) is 18.3 Å². The summed E-state index contributed by atoms with van der Waals surface area (Å²) in [6.45, 7) is 4.76. The molecule has 6 heteroatoms. The van der Waals surface area contributed by atoms with Gasteiger partial charge < -0.3 is 15.1 Å². The molecule has 0 saturated carbocycles. The number of pyridine rings is 1. The van der Waals surface area contributed by atoms with Crippen molar-refractivity contribution >= 4 is 23.3 Å². The first-order valence-corrected chi connectivity index (χ1v) is 11.0. The van der Waals surface area contributed by atoms with E-state index in [2.05, 4.69) is 15.2 Å². The Kier molecular flexibility index (Phi) is 6.31. The summed E-state index contributed by atoms with van der Waals surface area (Å²) in [7, 11) is 0. The quantitative estimate of drug-likeness (QED) is 0.825. The highest BCUT2D eigenvalue weighted by molar-refractivity contribution is 5.97. The fourth-order valence-electron chi connectivity index (χ4n) is 4.51. The maximum Gasteiger partial charge on any atom is 0.247 e. The van der Waals surface area contributed by atoms with Crippen LogP contribution in [0.5, 0.6) is 0 Å². The summed E-state index contributed by atoms with van der Waals surface area (Å²) < 4.78 is 0. The highest BCUT2D eigenvalue weighted by Gasteiger charge is 2.34. The first-order valence-electron chi connectivity index (χ1n) is 11.0. The molecule has 30 heavy (non-hydrogen) atoms. The van der Waals surface area contributed by atoms with Gasteiger partial charge in [-0.25, -0.2) is 4.98 Å². The van der Waals surface area contributed by atoms with E-state index in [-0.39, 0.29) is 11.8 Å². The molecule has 1 atom stereocenters. The van der Waals surface area contributed by atoms with Gasteiger partial charge in [0.25, 0.3) is 0 Å². The van der Waals surface area contributed by atoms with Crippen molar-refractivity contribution in [1.82, 2.24) is 9.88 Å². The van der Waals surface area contributed by atoms with E-state index < -0.39 is 6.04 Å². The number of anilines is 2. The molecule has 3 heterocycles. The van der Waals surface area contributed by atoms with Gasteiger partial charge in [0, 0.05) is 19.6 Å². The third-order valence-corrected chi connectivity index (χ3v) is 6.05. The van der Waals surface area contributed by atoms with Crippen LogP contribution in [0, 0.1) is 6.92 Å². The Labute approximate surface area is 178 Å². The summed E-state index contributed by atoms with van der Waals surface area (Å²) in [5, 5.41) is 2.99. The molecular formula is C24H30N4O2. The molecular weight excluding hydrogens is 376 g/mol. The third-order valence-electron chi connectivity index (χ3n) is 6.05. The van der Waals surface area contributed by atoms with Gasteiger partial charge in [0.1, 0.15) is 11.9 Å². The van der Waals surface area contributed by atoms with Crippen molar-refractivity contribution in [2.45, 2.75) is 51.5 Å². The topological polar surface area (TPSA) is 65.5 Å². The predicted octanol–water partition coefficient (Wildman–Crippen LogP) is 3.55. The van der Waals surface area contributed by atoms with Crippen LogP contribution in [-0.2, 0) is 16.0 Å². The number of amides is 2. The van der Waals surface area contributed by atoms with Crippen LogP contribution in [-0.4, -0.2) is 47.4 Å². The second-order valence-corrected chi connectivity index (χ2v) is 8.31. The number of aromatic nitrogens is 1. The minimum Gasteiger partial charge on any atom is -0.356 e. The fourth-order valence-corrected chi connectivity index (χ4v) is 4.51. The molecule has 1 aromatic carbocycles. The second-order valence-electron chi connectivity index (χ2n) is 8.31. The minimum absolute atomic E-state index is 0.00796. The normalized spacial score (nSPS) is 19.0. The molecule has 0 spiro atoms. The predicted molar refractivity (Wildman–Crippen MR) is 119 cm³/mol. The number of rotatable bonds is 5. The molecule has 2 aromatic rings. The van der Waals surface area contributed by atoms with Crippen molar-refractivity contribution in [2.24, 2.45) is 0 Å². The molecule has 0 aliphatic carbocycles. The van der Waals surface area contributed by atoms with Crippen LogP contribution in [0.25, 0.3) is 0 Å². The Balaban J connectivity index is 1.40. The van der Waals surface area contributed by atoms with Crippen molar-refractivity contribution in [3.05, 3.63) is 53.7 Å². The van der Waals surface area contributed by atoms with E-state index in [0.29, 0.717) is 25.1 Å². The third kappa shape index (κ3) is 4.64. The molecule has 1 aromatic heterocycles. The average molecular weight is 407 g/mol. The highest BCUT2D eigenvalue weighted by Crippen LogP contribution is 2.25. The summed E-state index contributed by atoms with van der Waals surface area (Å²) in [5.41, 5.74) is 2.74. The summed E-state index contributed by atoms with van der Waals surface area (Å²) >= 11 is 0. The zero-order chi connectivity index (χ0) is 20.9. The highest BCUT2D eigenvalue weighted by atomic mass is 16.2. The molecule has 1 unspecified atom stereocenters. The number of carbonyl (C=O) groups excluding carboxylic acids is 2. The Hall–Kier alpha value is -2.89. The number of benzene rings is 1. The Morgan fingerprint density at radius 2 is 1.83 bits per heavy atom. The van der Waals surface area contributed by atoms with E-state index in [0.717, 1.165) is 36.5 Å². The van der Waals surface area contributed by atoms with Crippen LogP contribution >= 0.6 is 0 Å². The molecule has 2 amide bonds. The van der Waals surface area contributed by atoms with E-state index in [1.807, 2.05) is 43.3 Å². The lowest BCUT2D eigenvalue weighted by Crippen LogP contribution is -2.43. The molecule has 4 rings (SSSR count). The smallest absolute Gasteiger partial charge is 0.247 e. The zero-order valence-electron chi connectivity index (χ0n) is 17.6. The van der Waals surface area contributed by atoms with Crippen molar-refractivity contribution in [3.63, 3.8) is 0 Å². The van der Waals surface area contributed by atoms with Gasteiger partial charge in [-0.1, -0.05) is 30.3 Å². The number of carbonyl (C=O) groups is 2. The fraction of sp³-hybridized carbons (Fsp3) is 0.458. The molecule has 0 bridgehead atoms. The van der Waals surface area contributed by atoms with E-state index >= 15 is 0 Å². The maximum atomic E-state index is 12.9. The Bertz CT molecular complexity index is 893. The lowest BCUT2D eigenvalue weighted by molar-refractivity contribution is -0.136. The Morgan fingerprint density at radius 1 is 1.07 bits per heavy atom. The van der Waals surface area contributed by atoms with Crippen LogP contribution in [0.15, 0.2) is 42.6 Å². The summed E-state index contributed by atoms with van der Waals surface area (Å²) in [6.07, 6.45) is 7.30. The number of likely N-dealkylation sites (tertiary alicyclic amines) is 1. The zero-order valence-corrected chi connectivity index (χ0v) is 17.6. The van der Waals surface area contributed by atoms with E-state index in [1.54, 1.807) is 11.1 Å². The van der Waals surface area contributed by atoms with Crippen LogP contribution in [0.1, 0.15) is 43.2 Å². The largest absolute Gasteiger partial charge is 0.356 e. The maximum absolute atomic E-state index is 12.9. The van der Waals surface area contributed by atoms with E-state index in [9.17, 15) is 9.59 Å². The monoisotopic (exact) mass is 406 g/mol. The Morgan fingerprint density at radius 3 is 2.57 bits per heavy atom. The van der Waals surface area contributed by atoms with Gasteiger partial charge in [-0.05, 0) is 56.2 Å². The SMILES string of the molecule is Cc1cc(NC(=O)C2CCCN2C(=O)Cc2ccccc2)cnc1N1CCCCC1. The first-order chi connectivity index (χ1) is 14.6. The van der Waals surface area contributed by atoms with Crippen LogP contribution < -0.4 is 10.2 Å². The molecule has 158 valence electrons. The first kappa shape index (κ1) is 20.4. The van der Waals surface area contributed by atoms with E-state index in [4.69, 9.17) is 0 Å². The summed E-state index contributed by atoms with van der Waals surface area (Å²) in [6, 6.07) is 11.3. The number of aryl methyl sites for hydroxylation is 1. The number of nitrogens with zero attached hydrogens (tertiary/aromatic N) is 3. The number of hydrogen-bond acceptors (Lipinski definition) is 4. The van der Waals surface area contributed by atoms with Gasteiger partial charge in [-0.3, -0.25) is 9.59 Å². The van der Waals surface area contributed by atoms with Crippen molar-refractivity contribution < 1.29 is 9.59 Å². The minimum atomic E-state index is -0.414.